The first-order valence-electron chi connectivity index (χ1n) is 9.20. The van der Waals surface area contributed by atoms with Gasteiger partial charge in [-0.2, -0.15) is 4.31 Å². The molecule has 0 aliphatic rings. The second kappa shape index (κ2) is 8.06. The lowest BCUT2D eigenvalue weighted by Crippen LogP contribution is -2.37. The van der Waals surface area contributed by atoms with Gasteiger partial charge < -0.3 is 9.52 Å². The number of rotatable bonds is 5. The Labute approximate surface area is 186 Å². The van der Waals surface area contributed by atoms with Gasteiger partial charge in [0.15, 0.2) is 0 Å². The number of anilines is 1. The highest BCUT2D eigenvalue weighted by atomic mass is 32.2. The number of nitrogens with zero attached hydrogens (tertiary/aromatic N) is 1. The molecule has 0 radical (unpaired) electrons. The van der Waals surface area contributed by atoms with E-state index in [0.29, 0.717) is 9.01 Å². The monoisotopic (exact) mass is 469 g/mol. The largest absolute Gasteiger partial charge is 0.478 e. The van der Waals surface area contributed by atoms with Crippen LogP contribution in [0.1, 0.15) is 26.3 Å². The average molecular weight is 469 g/mol. The van der Waals surface area contributed by atoms with Crippen LogP contribution < -0.4 is 9.24 Å². The van der Waals surface area contributed by atoms with Crippen molar-refractivity contribution in [3.8, 4) is 0 Å². The molecule has 4 aromatic rings. The molecular formula is C22H15NO7S2. The number of aromatic carboxylic acids is 1. The van der Waals surface area contributed by atoms with Crippen LogP contribution >= 0.6 is 11.3 Å². The molecule has 0 saturated carbocycles. The van der Waals surface area contributed by atoms with Crippen LogP contribution in [0.3, 0.4) is 0 Å². The summed E-state index contributed by atoms with van der Waals surface area (Å²) in [5, 5.41) is 9.08. The van der Waals surface area contributed by atoms with Gasteiger partial charge in [-0.15, -0.1) is 0 Å². The molecule has 10 heteroatoms. The molecule has 1 heterocycles. The lowest BCUT2D eigenvalue weighted by atomic mass is 10.1. The maximum Gasteiger partial charge on any atom is 0.396 e. The van der Waals surface area contributed by atoms with Crippen molar-refractivity contribution in [2.24, 2.45) is 0 Å². The smallest absolute Gasteiger partial charge is 0.396 e. The molecule has 0 atom stereocenters. The van der Waals surface area contributed by atoms with E-state index in [1.807, 2.05) is 6.92 Å². The van der Waals surface area contributed by atoms with Crippen LogP contribution in [0.5, 0.6) is 0 Å². The number of fused-ring (bicyclic) bond motifs is 1. The average Bonchev–Trinajstić information content (AvgIpc) is 3.13. The number of hydrogen-bond acceptors (Lipinski definition) is 7. The fourth-order valence-electron chi connectivity index (χ4n) is 3.04. The number of carboxylic acid groups (broad SMARTS) is 1. The maximum atomic E-state index is 13.5. The topological polar surface area (TPSA) is 122 Å². The van der Waals surface area contributed by atoms with Gasteiger partial charge in [0.1, 0.15) is 5.58 Å². The summed E-state index contributed by atoms with van der Waals surface area (Å²) in [6.07, 6.45) is 0. The second-order valence-corrected chi connectivity index (χ2v) is 9.62. The fraction of sp³-hybridized carbons (Fsp3) is 0.0455. The van der Waals surface area contributed by atoms with Gasteiger partial charge in [-0.1, -0.05) is 29.0 Å². The third kappa shape index (κ3) is 3.93. The van der Waals surface area contributed by atoms with Crippen molar-refractivity contribution in [1.82, 2.24) is 0 Å². The van der Waals surface area contributed by atoms with Gasteiger partial charge >= 0.3 is 10.9 Å². The summed E-state index contributed by atoms with van der Waals surface area (Å²) in [6, 6.07) is 15.1. The molecule has 32 heavy (non-hydrogen) atoms. The van der Waals surface area contributed by atoms with Crippen LogP contribution in [0.2, 0.25) is 0 Å². The number of sulfonamides is 1. The van der Waals surface area contributed by atoms with Crippen molar-refractivity contribution in [1.29, 1.82) is 0 Å². The predicted octanol–water partition coefficient (Wildman–Crippen LogP) is 3.90. The second-order valence-electron chi connectivity index (χ2n) is 6.86. The number of hydrogen-bond donors (Lipinski definition) is 1. The predicted molar refractivity (Wildman–Crippen MR) is 119 cm³/mol. The van der Waals surface area contributed by atoms with E-state index in [1.165, 1.54) is 30.3 Å². The third-order valence-electron chi connectivity index (χ3n) is 4.67. The van der Waals surface area contributed by atoms with Crippen LogP contribution in [0, 0.1) is 6.92 Å². The molecule has 4 rings (SSSR count). The fourth-order valence-corrected chi connectivity index (χ4v) is 5.15. The minimum absolute atomic E-state index is 0.0161. The third-order valence-corrected chi connectivity index (χ3v) is 7.19. The number of amides is 1. The number of carboxylic acids is 1. The van der Waals surface area contributed by atoms with Crippen molar-refractivity contribution in [2.75, 3.05) is 4.31 Å². The van der Waals surface area contributed by atoms with E-state index in [4.69, 9.17) is 9.52 Å². The van der Waals surface area contributed by atoms with Gasteiger partial charge in [-0.3, -0.25) is 4.79 Å². The van der Waals surface area contributed by atoms with Gasteiger partial charge in [0.25, 0.3) is 15.9 Å². The van der Waals surface area contributed by atoms with E-state index in [2.05, 4.69) is 0 Å². The SMILES string of the molecule is Cc1ccc(C(=O)N(c2ccc3oc(=O)sc3c2)S(=O)(=O)c2ccc(C(=O)O)cc2)cc1. The van der Waals surface area contributed by atoms with Gasteiger partial charge in [0.05, 0.1) is 20.8 Å². The molecule has 3 aromatic carbocycles. The summed E-state index contributed by atoms with van der Waals surface area (Å²) in [5.74, 6) is -2.01. The molecule has 0 unspecified atom stereocenters. The number of carbonyl (C=O) groups is 2. The zero-order valence-corrected chi connectivity index (χ0v) is 18.1. The van der Waals surface area contributed by atoms with E-state index < -0.39 is 26.8 Å². The highest BCUT2D eigenvalue weighted by molar-refractivity contribution is 7.93. The molecule has 8 nitrogen and oxygen atoms in total. The molecule has 1 N–H and O–H groups in total. The minimum Gasteiger partial charge on any atom is -0.478 e. The van der Waals surface area contributed by atoms with E-state index in [1.54, 1.807) is 12.1 Å². The first-order chi connectivity index (χ1) is 15.2. The molecule has 0 saturated heterocycles. The first-order valence-corrected chi connectivity index (χ1v) is 11.5. The van der Waals surface area contributed by atoms with Crippen molar-refractivity contribution in [3.63, 3.8) is 0 Å². The van der Waals surface area contributed by atoms with Crippen LogP contribution in [0.4, 0.5) is 5.69 Å². The van der Waals surface area contributed by atoms with Crippen LogP contribution in [-0.4, -0.2) is 25.4 Å². The molecule has 0 aliphatic carbocycles. The van der Waals surface area contributed by atoms with Crippen LogP contribution in [-0.2, 0) is 10.0 Å². The summed E-state index contributed by atoms with van der Waals surface area (Å²) in [4.78, 5) is 35.2. The number of aryl methyl sites for hydroxylation is 1. The maximum absolute atomic E-state index is 13.5. The molecule has 0 spiro atoms. The Morgan fingerprint density at radius 1 is 0.938 bits per heavy atom. The van der Waals surface area contributed by atoms with Gasteiger partial charge in [0.2, 0.25) is 0 Å². The first kappa shape index (κ1) is 21.5. The Balaban J connectivity index is 1.89. The zero-order chi connectivity index (χ0) is 23.0. The van der Waals surface area contributed by atoms with E-state index in [-0.39, 0.29) is 27.3 Å². The molecule has 0 fully saturated rings. The Morgan fingerprint density at radius 2 is 1.56 bits per heavy atom. The summed E-state index contributed by atoms with van der Waals surface area (Å²) >= 11 is 0.785. The Bertz CT molecular complexity index is 1500. The summed E-state index contributed by atoms with van der Waals surface area (Å²) in [5.41, 5.74) is 1.23. The molecular weight excluding hydrogens is 454 g/mol. The van der Waals surface area contributed by atoms with Crippen molar-refractivity contribution >= 4 is 49.2 Å². The lowest BCUT2D eigenvalue weighted by molar-refractivity contribution is 0.0696. The molecule has 162 valence electrons. The lowest BCUT2D eigenvalue weighted by Gasteiger charge is -2.23. The Hall–Kier alpha value is -3.76. The van der Waals surface area contributed by atoms with Crippen molar-refractivity contribution in [2.45, 2.75) is 11.8 Å². The van der Waals surface area contributed by atoms with E-state index in [0.717, 1.165) is 41.2 Å². The number of carbonyl (C=O) groups excluding carboxylic acids is 1. The van der Waals surface area contributed by atoms with Gasteiger partial charge in [0, 0.05) is 5.56 Å². The molecule has 1 aromatic heterocycles. The highest BCUT2D eigenvalue weighted by Gasteiger charge is 2.32. The van der Waals surface area contributed by atoms with Crippen molar-refractivity contribution in [3.05, 3.63) is 93.2 Å². The number of benzene rings is 3. The van der Waals surface area contributed by atoms with Gasteiger partial charge in [-0.05, 0) is 61.5 Å². The quantitative estimate of drug-likeness (QED) is 0.470. The Morgan fingerprint density at radius 3 is 2.19 bits per heavy atom. The molecule has 1 amide bonds. The Kier molecular flexibility index (Phi) is 5.41. The van der Waals surface area contributed by atoms with Crippen LogP contribution in [0.15, 0.2) is 80.8 Å². The van der Waals surface area contributed by atoms with E-state index >= 15 is 0 Å². The normalized spacial score (nSPS) is 11.4. The standard InChI is InChI=1S/C22H15NO7S2/c1-13-2-4-14(5-3-13)20(24)23(16-8-11-18-19(12-16)31-22(27)30-18)32(28,29)17-9-6-15(7-10-17)21(25)26/h2-12H,1H3,(H,25,26). The summed E-state index contributed by atoms with van der Waals surface area (Å²) in [7, 11) is -4.43. The van der Waals surface area contributed by atoms with E-state index in [9.17, 15) is 22.8 Å². The molecule has 0 bridgehead atoms. The minimum atomic E-state index is -4.43. The van der Waals surface area contributed by atoms with Crippen molar-refractivity contribution < 1.29 is 27.5 Å². The summed E-state index contributed by atoms with van der Waals surface area (Å²) in [6.45, 7) is 1.83. The highest BCUT2D eigenvalue weighted by Crippen LogP contribution is 2.30. The van der Waals surface area contributed by atoms with Crippen LogP contribution in [0.25, 0.3) is 10.3 Å². The summed E-state index contributed by atoms with van der Waals surface area (Å²) < 4.78 is 33.1. The van der Waals surface area contributed by atoms with Gasteiger partial charge in [-0.25, -0.2) is 18.0 Å². The molecule has 0 aliphatic heterocycles. The zero-order valence-electron chi connectivity index (χ0n) is 16.5.